The van der Waals surface area contributed by atoms with Gasteiger partial charge < -0.3 is 23.9 Å². The van der Waals surface area contributed by atoms with Gasteiger partial charge in [-0.25, -0.2) is 4.98 Å². The number of aryl methyl sites for hydroxylation is 3. The number of morpholine rings is 1. The third kappa shape index (κ3) is 8.09. The summed E-state index contributed by atoms with van der Waals surface area (Å²) in [4.78, 5) is 31.8. The molecule has 1 saturated heterocycles. The molecule has 0 amide bonds. The van der Waals surface area contributed by atoms with E-state index in [4.69, 9.17) is 19.2 Å². The summed E-state index contributed by atoms with van der Waals surface area (Å²) in [7, 11) is 0. The fourth-order valence-corrected chi connectivity index (χ4v) is 4.85. The van der Waals surface area contributed by atoms with Crippen LogP contribution in [0.1, 0.15) is 55.3 Å². The zero-order chi connectivity index (χ0) is 24.5. The zero-order valence-electron chi connectivity index (χ0n) is 20.7. The molecule has 8 heteroatoms. The summed E-state index contributed by atoms with van der Waals surface area (Å²) in [5, 5.41) is 1.06. The Labute approximate surface area is 206 Å². The highest BCUT2D eigenvalue weighted by molar-refractivity contribution is 7.15. The van der Waals surface area contributed by atoms with Crippen molar-refractivity contribution in [2.24, 2.45) is 0 Å². The molecule has 1 fully saturated rings. The first-order chi connectivity index (χ1) is 16.3. The average Bonchev–Trinajstić information content (AvgIpc) is 3.17. The van der Waals surface area contributed by atoms with Crippen LogP contribution >= 0.6 is 11.3 Å². The molecule has 2 aromatic rings. The van der Waals surface area contributed by atoms with Crippen molar-refractivity contribution in [2.75, 3.05) is 37.8 Å². The van der Waals surface area contributed by atoms with Gasteiger partial charge in [-0.05, 0) is 63.8 Å². The van der Waals surface area contributed by atoms with Crippen LogP contribution in [0, 0.1) is 6.92 Å². The normalized spacial score (nSPS) is 13.9. The maximum Gasteiger partial charge on any atom is 0.306 e. The first-order valence-electron chi connectivity index (χ1n) is 12.0. The Kier molecular flexibility index (Phi) is 9.89. The Morgan fingerprint density at radius 1 is 1.12 bits per heavy atom. The van der Waals surface area contributed by atoms with Crippen LogP contribution in [0.4, 0.5) is 5.13 Å². The van der Waals surface area contributed by atoms with Gasteiger partial charge in [0.15, 0.2) is 5.13 Å². The fourth-order valence-electron chi connectivity index (χ4n) is 3.84. The zero-order valence-corrected chi connectivity index (χ0v) is 21.5. The first-order valence-corrected chi connectivity index (χ1v) is 12.9. The van der Waals surface area contributed by atoms with Crippen LogP contribution < -0.4 is 9.64 Å². The molecule has 1 aromatic heterocycles. The summed E-state index contributed by atoms with van der Waals surface area (Å²) >= 11 is 1.73. The Balaban J connectivity index is 1.60. The standard InChI is InChI=1S/C26H36N2O5S/c1-18(2)33-25(30)10-8-22-17-23(9-7-21(22)6-5-19(3)29)32-14-11-24-20(4)34-26(27-24)28-12-15-31-16-13-28/h7,9,17-18H,5-6,8,10-16H2,1-4H3. The molecule has 1 aliphatic heterocycles. The maximum atomic E-state index is 12.0. The highest BCUT2D eigenvalue weighted by Crippen LogP contribution is 2.27. The minimum Gasteiger partial charge on any atom is -0.493 e. The van der Waals surface area contributed by atoms with Crippen LogP contribution in [-0.4, -0.2) is 55.8 Å². The first kappa shape index (κ1) is 26.2. The Bertz CT molecular complexity index is 966. The molecule has 0 bridgehead atoms. The van der Waals surface area contributed by atoms with Crippen molar-refractivity contribution in [3.63, 3.8) is 0 Å². The lowest BCUT2D eigenvalue weighted by atomic mass is 9.98. The van der Waals surface area contributed by atoms with Gasteiger partial charge in [0.1, 0.15) is 11.5 Å². The summed E-state index contributed by atoms with van der Waals surface area (Å²) in [6.07, 6.45) is 2.61. The van der Waals surface area contributed by atoms with Gasteiger partial charge in [0.05, 0.1) is 31.6 Å². The van der Waals surface area contributed by atoms with Crippen LogP contribution in [0.2, 0.25) is 0 Å². The molecule has 7 nitrogen and oxygen atoms in total. The number of carbonyl (C=O) groups is 2. The summed E-state index contributed by atoms with van der Waals surface area (Å²) < 4.78 is 16.8. The minimum absolute atomic E-state index is 0.128. The molecular weight excluding hydrogens is 452 g/mol. The predicted molar refractivity (Wildman–Crippen MR) is 134 cm³/mol. The largest absolute Gasteiger partial charge is 0.493 e. The molecule has 0 unspecified atom stereocenters. The molecule has 0 atom stereocenters. The molecule has 2 heterocycles. The number of anilines is 1. The molecule has 34 heavy (non-hydrogen) atoms. The fraction of sp³-hybridized carbons (Fsp3) is 0.577. The van der Waals surface area contributed by atoms with E-state index in [1.165, 1.54) is 4.88 Å². The topological polar surface area (TPSA) is 78.0 Å². The van der Waals surface area contributed by atoms with E-state index < -0.39 is 0 Å². The van der Waals surface area contributed by atoms with Gasteiger partial charge in [0.2, 0.25) is 0 Å². The van der Waals surface area contributed by atoms with Gasteiger partial charge in [0.25, 0.3) is 0 Å². The van der Waals surface area contributed by atoms with Crippen molar-refractivity contribution in [1.29, 1.82) is 0 Å². The Hall–Kier alpha value is -2.45. The Morgan fingerprint density at radius 3 is 2.56 bits per heavy atom. The number of hydrogen-bond acceptors (Lipinski definition) is 8. The smallest absolute Gasteiger partial charge is 0.306 e. The highest BCUT2D eigenvalue weighted by atomic mass is 32.1. The summed E-state index contributed by atoms with van der Waals surface area (Å²) in [5.41, 5.74) is 3.17. The van der Waals surface area contributed by atoms with Crippen molar-refractivity contribution in [2.45, 2.75) is 65.9 Å². The number of aromatic nitrogens is 1. The van der Waals surface area contributed by atoms with Gasteiger partial charge in [0, 0.05) is 37.2 Å². The third-order valence-electron chi connectivity index (χ3n) is 5.66. The number of thiazole rings is 1. The number of ketones is 1. The van der Waals surface area contributed by atoms with Crippen LogP contribution in [0.25, 0.3) is 0 Å². The number of rotatable bonds is 12. The second-order valence-corrected chi connectivity index (χ2v) is 10.0. The SMILES string of the molecule is CC(=O)CCc1ccc(OCCc2nc(N3CCOCC3)sc2C)cc1CCC(=O)OC(C)C. The third-order valence-corrected chi connectivity index (χ3v) is 6.73. The monoisotopic (exact) mass is 488 g/mol. The van der Waals surface area contributed by atoms with Crippen molar-refractivity contribution < 1.29 is 23.8 Å². The van der Waals surface area contributed by atoms with E-state index in [9.17, 15) is 9.59 Å². The van der Waals surface area contributed by atoms with E-state index in [1.807, 2.05) is 32.0 Å². The van der Waals surface area contributed by atoms with Gasteiger partial charge in [-0.15, -0.1) is 11.3 Å². The summed E-state index contributed by atoms with van der Waals surface area (Å²) in [6, 6.07) is 5.94. The molecule has 1 aliphatic rings. The molecule has 186 valence electrons. The van der Waals surface area contributed by atoms with Crippen LogP contribution in [0.15, 0.2) is 18.2 Å². The van der Waals surface area contributed by atoms with E-state index in [0.29, 0.717) is 32.3 Å². The van der Waals surface area contributed by atoms with Crippen molar-refractivity contribution >= 4 is 28.2 Å². The summed E-state index contributed by atoms with van der Waals surface area (Å²) in [6.45, 7) is 11.2. The van der Waals surface area contributed by atoms with Crippen LogP contribution in [0.5, 0.6) is 5.75 Å². The number of carbonyl (C=O) groups excluding carboxylic acids is 2. The molecule has 0 radical (unpaired) electrons. The number of ether oxygens (including phenoxy) is 3. The molecule has 0 N–H and O–H groups in total. The van der Waals surface area contributed by atoms with E-state index >= 15 is 0 Å². The predicted octanol–water partition coefficient (Wildman–Crippen LogP) is 4.32. The lowest BCUT2D eigenvalue weighted by Gasteiger charge is -2.26. The Morgan fingerprint density at radius 2 is 1.85 bits per heavy atom. The van der Waals surface area contributed by atoms with E-state index in [1.54, 1.807) is 18.3 Å². The van der Waals surface area contributed by atoms with E-state index in [-0.39, 0.29) is 17.9 Å². The van der Waals surface area contributed by atoms with Crippen molar-refractivity contribution in [3.05, 3.63) is 39.9 Å². The molecule has 0 spiro atoms. The van der Waals surface area contributed by atoms with Crippen molar-refractivity contribution in [1.82, 2.24) is 4.98 Å². The second kappa shape index (κ2) is 12.9. The van der Waals surface area contributed by atoms with Crippen LogP contribution in [0.3, 0.4) is 0 Å². The number of benzene rings is 1. The number of nitrogens with zero attached hydrogens (tertiary/aromatic N) is 2. The average molecular weight is 489 g/mol. The maximum absolute atomic E-state index is 12.0. The van der Waals surface area contributed by atoms with Crippen molar-refractivity contribution in [3.8, 4) is 5.75 Å². The quantitative estimate of drug-likeness (QED) is 0.412. The minimum atomic E-state index is -0.214. The van der Waals surface area contributed by atoms with Gasteiger partial charge in [-0.3, -0.25) is 4.79 Å². The van der Waals surface area contributed by atoms with E-state index in [0.717, 1.165) is 60.4 Å². The molecule has 0 saturated carbocycles. The van der Waals surface area contributed by atoms with Crippen LogP contribution in [-0.2, 0) is 38.3 Å². The number of Topliss-reactive ketones (excluding diaryl/α,β-unsaturated/α-hetero) is 1. The van der Waals surface area contributed by atoms with Gasteiger partial charge >= 0.3 is 5.97 Å². The lowest BCUT2D eigenvalue weighted by molar-refractivity contribution is -0.147. The molecule has 0 aliphatic carbocycles. The molecular formula is C26H36N2O5S. The number of esters is 1. The molecule has 1 aromatic carbocycles. The van der Waals surface area contributed by atoms with Gasteiger partial charge in [-0.2, -0.15) is 0 Å². The number of hydrogen-bond donors (Lipinski definition) is 0. The van der Waals surface area contributed by atoms with Gasteiger partial charge in [-0.1, -0.05) is 6.07 Å². The highest BCUT2D eigenvalue weighted by Gasteiger charge is 2.17. The van der Waals surface area contributed by atoms with E-state index in [2.05, 4.69) is 11.8 Å². The molecule has 3 rings (SSSR count). The summed E-state index contributed by atoms with van der Waals surface area (Å²) in [5.74, 6) is 0.703. The second-order valence-electron chi connectivity index (χ2n) is 8.87. The lowest BCUT2D eigenvalue weighted by Crippen LogP contribution is -2.36.